The van der Waals surface area contributed by atoms with E-state index in [0.29, 0.717) is 0 Å². The summed E-state index contributed by atoms with van der Waals surface area (Å²) in [6, 6.07) is -5.16. The number of carbonyl (C=O) groups is 2. The largest absolute Gasteiger partial charge is 0.467 e. The molecule has 0 aliphatic carbocycles. The van der Waals surface area contributed by atoms with Gasteiger partial charge < -0.3 is 14.4 Å². The third-order valence-corrected chi connectivity index (χ3v) is 3.29. The molecular weight excluding hydrogens is 305 g/mol. The number of nitrogens with zero attached hydrogens (tertiary/aromatic N) is 2. The lowest BCUT2D eigenvalue weighted by molar-refractivity contribution is -0.189. The molecule has 0 aromatic carbocycles. The Morgan fingerprint density at radius 1 is 1.27 bits per heavy atom. The number of alkyl halides is 3. The van der Waals surface area contributed by atoms with E-state index >= 15 is 0 Å². The number of rotatable bonds is 5. The molecule has 0 spiro atoms. The Morgan fingerprint density at radius 3 is 2.27 bits per heavy atom. The molecule has 3 atom stereocenters. The number of methoxy groups -OCH3 is 2. The number of ether oxygens (including phenoxy) is 2. The Bertz CT molecular complexity index is 451. The number of halogens is 3. The lowest BCUT2D eigenvalue weighted by Gasteiger charge is -2.34. The Balaban J connectivity index is 3.16. The van der Waals surface area contributed by atoms with Crippen LogP contribution >= 0.6 is 0 Å². The molecule has 1 aliphatic rings. The minimum Gasteiger partial charge on any atom is -0.467 e. The maximum atomic E-state index is 13.3. The van der Waals surface area contributed by atoms with Crippen LogP contribution in [0.4, 0.5) is 13.2 Å². The monoisotopic (exact) mass is 324 g/mol. The lowest BCUT2D eigenvalue weighted by atomic mass is 9.99. The fraction of sp³-hybridized carbons (Fsp3) is 0.769. The third kappa shape index (κ3) is 3.89. The van der Waals surface area contributed by atoms with E-state index in [4.69, 9.17) is 0 Å². The first-order valence-corrected chi connectivity index (χ1v) is 6.66. The molecular formula is C13H19F3N2O4. The standard InChI is InChI=1S/C13H19F3N2O4/c1-7(2)5-8(11(19)21-3)18-6-17-9(12(20)22-4)10(18)13(14,15)16/h6-10H,5H2,1-4H3/t8-,9-,10-/m0/s1. The Labute approximate surface area is 126 Å². The highest BCUT2D eigenvalue weighted by Crippen LogP contribution is 2.34. The molecule has 1 rings (SSSR count). The molecule has 0 amide bonds. The second-order valence-corrected chi connectivity index (χ2v) is 5.33. The maximum absolute atomic E-state index is 13.3. The van der Waals surface area contributed by atoms with Crippen molar-refractivity contribution in [2.45, 2.75) is 44.6 Å². The van der Waals surface area contributed by atoms with Crippen molar-refractivity contribution in [1.29, 1.82) is 0 Å². The van der Waals surface area contributed by atoms with Gasteiger partial charge in [0.2, 0.25) is 0 Å². The predicted octanol–water partition coefficient (Wildman–Crippen LogP) is 1.39. The van der Waals surface area contributed by atoms with E-state index < -0.39 is 36.2 Å². The molecule has 0 saturated heterocycles. The van der Waals surface area contributed by atoms with Gasteiger partial charge in [-0.15, -0.1) is 0 Å². The number of hydrogen-bond donors (Lipinski definition) is 0. The molecule has 0 saturated carbocycles. The molecule has 0 radical (unpaired) electrons. The molecule has 0 aromatic heterocycles. The minimum atomic E-state index is -4.75. The second-order valence-electron chi connectivity index (χ2n) is 5.33. The molecule has 0 unspecified atom stereocenters. The highest BCUT2D eigenvalue weighted by molar-refractivity contribution is 5.85. The van der Waals surface area contributed by atoms with E-state index in [1.165, 1.54) is 0 Å². The third-order valence-electron chi connectivity index (χ3n) is 3.29. The average Bonchev–Trinajstić information content (AvgIpc) is 2.87. The zero-order valence-corrected chi connectivity index (χ0v) is 12.8. The smallest absolute Gasteiger partial charge is 0.411 e. The second kappa shape index (κ2) is 6.97. The fourth-order valence-electron chi connectivity index (χ4n) is 2.32. The van der Waals surface area contributed by atoms with Crippen LogP contribution < -0.4 is 0 Å². The topological polar surface area (TPSA) is 68.2 Å². The molecule has 9 heteroatoms. The summed E-state index contributed by atoms with van der Waals surface area (Å²) in [6.07, 6.45) is -3.73. The predicted molar refractivity (Wildman–Crippen MR) is 71.2 cm³/mol. The van der Waals surface area contributed by atoms with Gasteiger partial charge in [-0.2, -0.15) is 13.2 Å². The van der Waals surface area contributed by atoms with Crippen molar-refractivity contribution in [1.82, 2.24) is 4.90 Å². The van der Waals surface area contributed by atoms with Crippen LogP contribution in [0.2, 0.25) is 0 Å². The van der Waals surface area contributed by atoms with Crippen LogP contribution in [-0.4, -0.2) is 61.7 Å². The van der Waals surface area contributed by atoms with E-state index in [9.17, 15) is 22.8 Å². The fourth-order valence-corrected chi connectivity index (χ4v) is 2.32. The lowest BCUT2D eigenvalue weighted by Crippen LogP contribution is -2.56. The first kappa shape index (κ1) is 18.2. The summed E-state index contributed by atoms with van der Waals surface area (Å²) >= 11 is 0. The van der Waals surface area contributed by atoms with Gasteiger partial charge in [0.25, 0.3) is 0 Å². The van der Waals surface area contributed by atoms with Gasteiger partial charge >= 0.3 is 18.1 Å². The van der Waals surface area contributed by atoms with Crippen LogP contribution in [0.1, 0.15) is 20.3 Å². The van der Waals surface area contributed by atoms with Gasteiger partial charge in [-0.3, -0.25) is 4.99 Å². The van der Waals surface area contributed by atoms with Crippen molar-refractivity contribution < 1.29 is 32.2 Å². The number of carbonyl (C=O) groups excluding carboxylic acids is 2. The molecule has 0 aromatic rings. The zero-order valence-electron chi connectivity index (χ0n) is 12.8. The zero-order chi connectivity index (χ0) is 17.1. The van der Waals surface area contributed by atoms with E-state index in [1.807, 2.05) is 0 Å². The van der Waals surface area contributed by atoms with Crippen molar-refractivity contribution in [3.63, 3.8) is 0 Å². The van der Waals surface area contributed by atoms with Crippen LogP contribution in [0, 0.1) is 5.92 Å². The summed E-state index contributed by atoms with van der Waals surface area (Å²) in [5.74, 6) is -1.96. The first-order valence-electron chi connectivity index (χ1n) is 6.66. The van der Waals surface area contributed by atoms with Crippen molar-refractivity contribution in [3.8, 4) is 0 Å². The molecule has 1 heterocycles. The van der Waals surface area contributed by atoms with Crippen LogP contribution in [0.25, 0.3) is 0 Å². The molecule has 1 aliphatic heterocycles. The highest BCUT2D eigenvalue weighted by atomic mass is 19.4. The molecule has 0 fully saturated rings. The Kier molecular flexibility index (Phi) is 5.78. The highest BCUT2D eigenvalue weighted by Gasteiger charge is 2.56. The first-order chi connectivity index (χ1) is 10.1. The van der Waals surface area contributed by atoms with Crippen LogP contribution in [0.5, 0.6) is 0 Å². The summed E-state index contributed by atoms with van der Waals surface area (Å²) in [7, 11) is 2.09. The maximum Gasteiger partial charge on any atom is 0.411 e. The van der Waals surface area contributed by atoms with Crippen molar-refractivity contribution in [2.75, 3.05) is 14.2 Å². The van der Waals surface area contributed by atoms with Crippen molar-refractivity contribution in [2.24, 2.45) is 10.9 Å². The summed E-state index contributed by atoms with van der Waals surface area (Å²) in [5, 5.41) is 0. The van der Waals surface area contributed by atoms with Crippen molar-refractivity contribution in [3.05, 3.63) is 0 Å². The van der Waals surface area contributed by atoms with E-state index in [0.717, 1.165) is 25.5 Å². The average molecular weight is 324 g/mol. The Hall–Kier alpha value is -1.80. The summed E-state index contributed by atoms with van der Waals surface area (Å²) in [4.78, 5) is 27.7. The van der Waals surface area contributed by atoms with Crippen molar-refractivity contribution >= 4 is 18.3 Å². The quantitative estimate of drug-likeness (QED) is 0.715. The van der Waals surface area contributed by atoms with Crippen LogP contribution in [0.3, 0.4) is 0 Å². The molecule has 0 N–H and O–H groups in total. The summed E-state index contributed by atoms with van der Waals surface area (Å²) in [6.45, 7) is 3.53. The van der Waals surface area contributed by atoms with Gasteiger partial charge in [0.15, 0.2) is 12.1 Å². The van der Waals surface area contributed by atoms with Gasteiger partial charge in [0.1, 0.15) is 6.04 Å². The number of esters is 2. The van der Waals surface area contributed by atoms with Gasteiger partial charge in [-0.25, -0.2) is 9.59 Å². The molecule has 6 nitrogen and oxygen atoms in total. The number of aliphatic imine (C=N–C) groups is 1. The van der Waals surface area contributed by atoms with Gasteiger partial charge in [0.05, 0.1) is 20.6 Å². The normalized spacial score (nSPS) is 22.8. The van der Waals surface area contributed by atoms with Gasteiger partial charge in [-0.05, 0) is 12.3 Å². The van der Waals surface area contributed by atoms with Crippen LogP contribution in [0.15, 0.2) is 4.99 Å². The summed E-state index contributed by atoms with van der Waals surface area (Å²) in [5.41, 5.74) is 0. The van der Waals surface area contributed by atoms with Gasteiger partial charge in [0, 0.05) is 0 Å². The van der Waals surface area contributed by atoms with E-state index in [1.54, 1.807) is 13.8 Å². The summed E-state index contributed by atoms with van der Waals surface area (Å²) < 4.78 is 49.0. The number of hydrogen-bond acceptors (Lipinski definition) is 6. The van der Waals surface area contributed by atoms with Gasteiger partial charge in [-0.1, -0.05) is 13.8 Å². The molecule has 0 bridgehead atoms. The Morgan fingerprint density at radius 2 is 1.86 bits per heavy atom. The SMILES string of the molecule is COC(=O)[C@H]1N=CN([C@@H](CC(C)C)C(=O)OC)[C@@H]1C(F)(F)F. The van der Waals surface area contributed by atoms with Crippen LogP contribution in [-0.2, 0) is 19.1 Å². The molecule has 22 heavy (non-hydrogen) atoms. The minimum absolute atomic E-state index is 0.0523. The van der Waals surface area contributed by atoms with E-state index in [-0.39, 0.29) is 12.3 Å². The van der Waals surface area contributed by atoms with E-state index in [2.05, 4.69) is 14.5 Å². The molecule has 126 valence electrons.